The molecule has 4 aliphatic carbocycles. The van der Waals surface area contributed by atoms with Crippen LogP contribution in [0, 0.1) is 107 Å². The van der Waals surface area contributed by atoms with Crippen LogP contribution in [-0.4, -0.2) is 104 Å². The second kappa shape index (κ2) is 57.5. The van der Waals surface area contributed by atoms with E-state index in [4.69, 9.17) is 34.4 Å². The fraction of sp³-hybridized carbons (Fsp3) is 0.740. The third-order valence-corrected chi connectivity index (χ3v) is 22.2. The van der Waals surface area contributed by atoms with Gasteiger partial charge in [0.15, 0.2) is 0 Å². The first-order valence-electron chi connectivity index (χ1n) is 46.0. The minimum absolute atomic E-state index is 0. The van der Waals surface area contributed by atoms with Gasteiger partial charge in [-0.15, -0.1) is 6.58 Å². The van der Waals surface area contributed by atoms with Crippen LogP contribution in [0.25, 0.3) is 0 Å². The summed E-state index contributed by atoms with van der Waals surface area (Å²) in [4.78, 5) is 146. The maximum Gasteiger partial charge on any atom is 0.224 e. The van der Waals surface area contributed by atoms with E-state index in [0.29, 0.717) is 86.9 Å². The largest absolute Gasteiger partial charge is 0.369 e. The number of hydrogen-bond acceptors (Lipinski definition) is 12. The molecular formula is C100H190N12O12. The molecule has 2 unspecified atom stereocenters. The second-order valence-corrected chi connectivity index (χ2v) is 42.1. The van der Waals surface area contributed by atoms with Crippen molar-refractivity contribution in [1.29, 1.82) is 0 Å². The van der Waals surface area contributed by atoms with Crippen molar-refractivity contribution in [2.45, 2.75) is 368 Å². The van der Waals surface area contributed by atoms with E-state index in [2.05, 4.69) is 45.4 Å². The van der Waals surface area contributed by atoms with Crippen molar-refractivity contribution in [3.8, 4) is 0 Å². The SMILES string of the molecule is C/C=C/C[C@H](C(N)=O)[C@@H](CC(C)C)C(=O)NC(C)(C)C.C/C=C/C[C@H](C(N)=O)[C@@H](CC1CC1)C(=O)NC(C)(C)C.C/C=C/C[C@H](C(N)=O)[C@@H](CC1CC1C)C(=O)NC(C)(C)C.C/C=C/C[C@H](C(N)=O)[C@@H](CC1CCC1)C(=O)NC(C)(C)C.C/C=C/C[C@H](C(N)=O)[C@@H](CC1CCCC1)C(=O)NC(C)(C)C.C=C(C)C[C@@H](C(=O)NC(C)(C)C)[C@H](C/C=C/C)C(N)=O.[HH].[HH].[HH].[HH].[HH].[HH]. The Morgan fingerprint density at radius 1 is 0.323 bits per heavy atom. The first kappa shape index (κ1) is 118. The summed E-state index contributed by atoms with van der Waals surface area (Å²) in [5.74, 6) is -4.25. The summed E-state index contributed by atoms with van der Waals surface area (Å²) in [7, 11) is 0. The van der Waals surface area contributed by atoms with Crippen molar-refractivity contribution in [2.75, 3.05) is 0 Å². The average molecular weight is 1750 g/mol. The van der Waals surface area contributed by atoms with Crippen LogP contribution in [-0.2, 0) is 57.5 Å². The Bertz CT molecular complexity index is 3400. The summed E-state index contributed by atoms with van der Waals surface area (Å²) >= 11 is 0. The zero-order valence-electron chi connectivity index (χ0n) is 82.4. The molecule has 4 rings (SSSR count). The van der Waals surface area contributed by atoms with Crippen molar-refractivity contribution in [1.82, 2.24) is 31.9 Å². The zero-order chi connectivity index (χ0) is 96.2. The van der Waals surface area contributed by atoms with E-state index in [1.54, 1.807) is 0 Å². The molecule has 0 spiro atoms. The molecule has 24 heteroatoms. The van der Waals surface area contributed by atoms with Crippen LogP contribution >= 0.6 is 0 Å². The highest BCUT2D eigenvalue weighted by Crippen LogP contribution is 2.45. The van der Waals surface area contributed by atoms with Crippen molar-refractivity contribution >= 4 is 70.9 Å². The van der Waals surface area contributed by atoms with Crippen LogP contribution in [0.3, 0.4) is 0 Å². The summed E-state index contributed by atoms with van der Waals surface area (Å²) in [6, 6.07) is 0. The van der Waals surface area contributed by atoms with E-state index in [-0.39, 0.29) is 130 Å². The Morgan fingerprint density at radius 2 is 0.516 bits per heavy atom. The van der Waals surface area contributed by atoms with Gasteiger partial charge < -0.3 is 66.3 Å². The standard InChI is InChI=1S/C18H32N2O2.2C17H30N2O2.C16H28N2O2.C16H30N2O2.C16H28N2O2.6H2/c1-5-6-11-14(16(19)21)15(12-13-9-7-8-10-13)17(22)20-18(2,3)4;1-6-7-8-13(15(18)20)14(10-12-9-11(12)2)16(21)19-17(3,4)5;1-5-6-10-13(15(18)20)14(11-12-8-7-9-12)16(21)19-17(2,3)4;1-5-6-7-12(14(17)19)13(10-11-8-9-11)15(20)18-16(2,3)4;2*1-7-8-9-12(14(17)19)13(10-11(2)3)15(20)18-16(4,5)6;;;;;;/h5-6,13-15H,7-12H2,1-4H3,(H2,19,21)(H,20,22);6-7,11-14H,8-10H2,1-5H3,(H2,18,20)(H,19,21);5-6,12-14H,7-11H2,1-4H3,(H2,18,20)(H,19,21);5-6,11-13H,7-10H2,1-4H3,(H2,17,19)(H,18,20);7-8,11-13H,9-10H2,1-6H3,(H2,17,19)(H,18,20);7-8,12-13H,2,9-10H2,1,3-6H3,(H2,17,19)(H,18,20);6*1H/b6-5+;7-6+;2*6-5+;2*8-7+;;;;;;/t14-,15+;11?,12?,13-,14+;13-,14+;3*12-,13+;;;;;;/m000000....../s1. The minimum Gasteiger partial charge on any atom is -0.369 e. The molecule has 0 bridgehead atoms. The van der Waals surface area contributed by atoms with Gasteiger partial charge in [-0.3, -0.25) is 57.5 Å². The first-order valence-corrected chi connectivity index (χ1v) is 46.0. The number of primary amides is 6. The molecule has 4 fully saturated rings. The van der Waals surface area contributed by atoms with Gasteiger partial charge in [0.25, 0.3) is 0 Å². The Hall–Kier alpha value is -8.18. The van der Waals surface area contributed by atoms with E-state index in [1.807, 2.05) is 260 Å². The van der Waals surface area contributed by atoms with Gasteiger partial charge in [0.05, 0.1) is 71.0 Å². The number of nitrogens with one attached hydrogen (secondary N) is 6. The fourth-order valence-electron chi connectivity index (χ4n) is 15.4. The van der Waals surface area contributed by atoms with Crippen LogP contribution in [0.1, 0.15) is 344 Å². The molecule has 12 amide bonds. The van der Waals surface area contributed by atoms with Crippen LogP contribution in [0.5, 0.6) is 0 Å². The van der Waals surface area contributed by atoms with Gasteiger partial charge in [-0.1, -0.05) is 157 Å². The van der Waals surface area contributed by atoms with Gasteiger partial charge in [0.2, 0.25) is 70.9 Å². The Kier molecular flexibility index (Phi) is 54.7. The van der Waals surface area contributed by atoms with E-state index >= 15 is 0 Å². The predicted octanol–water partition coefficient (Wildman–Crippen LogP) is 17.6. The van der Waals surface area contributed by atoms with E-state index in [0.717, 1.165) is 76.2 Å². The van der Waals surface area contributed by atoms with Crippen LogP contribution < -0.4 is 66.3 Å². The third-order valence-electron chi connectivity index (χ3n) is 22.2. The smallest absolute Gasteiger partial charge is 0.224 e. The predicted molar refractivity (Wildman–Crippen MR) is 520 cm³/mol. The third kappa shape index (κ3) is 54.0. The molecule has 14 atom stereocenters. The Morgan fingerprint density at radius 3 is 0.694 bits per heavy atom. The van der Waals surface area contributed by atoms with Gasteiger partial charge >= 0.3 is 0 Å². The molecular weight excluding hydrogens is 1560 g/mol. The van der Waals surface area contributed by atoms with Crippen molar-refractivity contribution in [3.05, 3.63) is 85.1 Å². The molecule has 24 nitrogen and oxygen atoms in total. The molecule has 0 radical (unpaired) electrons. The number of hydrogen-bond donors (Lipinski definition) is 12. The zero-order valence-corrected chi connectivity index (χ0v) is 82.4. The highest BCUT2D eigenvalue weighted by Gasteiger charge is 2.44. The van der Waals surface area contributed by atoms with E-state index in [1.165, 1.54) is 19.3 Å². The summed E-state index contributed by atoms with van der Waals surface area (Å²) in [5.41, 5.74) is 32.3. The lowest BCUT2D eigenvalue weighted by Gasteiger charge is -2.33. The first-order chi connectivity index (χ1) is 57.0. The molecule has 0 aromatic rings. The number of allylic oxidation sites excluding steroid dienone is 13. The lowest BCUT2D eigenvalue weighted by molar-refractivity contribution is -0.135. The molecule has 0 aliphatic heterocycles. The number of amides is 12. The van der Waals surface area contributed by atoms with Gasteiger partial charge in [-0.05, 0) is 292 Å². The van der Waals surface area contributed by atoms with Crippen molar-refractivity contribution in [3.63, 3.8) is 0 Å². The van der Waals surface area contributed by atoms with Gasteiger partial charge in [0, 0.05) is 41.8 Å². The molecule has 0 aromatic carbocycles. The van der Waals surface area contributed by atoms with Gasteiger partial charge in [-0.2, -0.15) is 0 Å². The number of nitrogens with two attached hydrogens (primary N) is 6. The number of rotatable bonds is 42. The summed E-state index contributed by atoms with van der Waals surface area (Å²) in [6.45, 7) is 58.4. The fourth-order valence-corrected chi connectivity index (χ4v) is 15.4. The molecule has 722 valence electrons. The second-order valence-electron chi connectivity index (χ2n) is 42.1. The van der Waals surface area contributed by atoms with Crippen LogP contribution in [0.15, 0.2) is 85.1 Å². The minimum atomic E-state index is -0.509. The highest BCUT2D eigenvalue weighted by atomic mass is 16.2. The summed E-state index contributed by atoms with van der Waals surface area (Å²) in [6.07, 6.45) is 41.9. The molecule has 0 aromatic heterocycles. The normalized spacial score (nSPS) is 18.7. The Labute approximate surface area is 759 Å². The Balaban J connectivity index is -0.000000227. The lowest BCUT2D eigenvalue weighted by Crippen LogP contribution is -2.48. The molecule has 4 saturated carbocycles. The van der Waals surface area contributed by atoms with Gasteiger partial charge in [-0.25, -0.2) is 0 Å². The van der Waals surface area contributed by atoms with Crippen LogP contribution in [0.4, 0.5) is 0 Å². The van der Waals surface area contributed by atoms with Crippen molar-refractivity contribution < 1.29 is 66.1 Å². The van der Waals surface area contributed by atoms with Crippen molar-refractivity contribution in [2.24, 2.45) is 141 Å². The maximum absolute atomic E-state index is 12.7. The van der Waals surface area contributed by atoms with E-state index in [9.17, 15) is 57.5 Å². The number of carbonyl (C=O) groups is 12. The summed E-state index contributed by atoms with van der Waals surface area (Å²) in [5, 5.41) is 17.9. The monoisotopic (exact) mass is 1750 g/mol. The molecule has 0 saturated heterocycles. The highest BCUT2D eigenvalue weighted by molar-refractivity contribution is 5.91. The maximum atomic E-state index is 12.7. The molecule has 0 heterocycles. The average Bonchev–Trinajstić information content (AvgIpc) is 1.64. The van der Waals surface area contributed by atoms with E-state index < -0.39 is 53.2 Å². The molecule has 124 heavy (non-hydrogen) atoms. The van der Waals surface area contributed by atoms with Crippen LogP contribution in [0.2, 0.25) is 0 Å². The topological polar surface area (TPSA) is 433 Å². The molecule has 4 aliphatic rings. The lowest BCUT2D eigenvalue weighted by atomic mass is 9.74. The quantitative estimate of drug-likeness (QED) is 0.0254. The molecule has 18 N–H and O–H groups in total. The summed E-state index contributed by atoms with van der Waals surface area (Å²) < 4.78 is 0. The van der Waals surface area contributed by atoms with Gasteiger partial charge in [0.1, 0.15) is 0 Å². The number of carbonyl (C=O) groups excluding carboxylic acids is 12.